The number of anilines is 1. The molecule has 1 rings (SSSR count). The minimum Gasteiger partial charge on any atom is -0.479 e. The van der Waals surface area contributed by atoms with Crippen LogP contribution in [0.1, 0.15) is 32.3 Å². The maximum atomic E-state index is 11.7. The first kappa shape index (κ1) is 14.4. The van der Waals surface area contributed by atoms with Crippen LogP contribution < -0.4 is 15.8 Å². The molecule has 4 heteroatoms. The first-order valence-corrected chi connectivity index (χ1v) is 6.35. The molecule has 1 amide bonds. The Bertz CT molecular complexity index is 405. The molecule has 0 heterocycles. The van der Waals surface area contributed by atoms with Crippen molar-refractivity contribution in [3.8, 4) is 5.75 Å². The van der Waals surface area contributed by atoms with Crippen molar-refractivity contribution in [2.75, 3.05) is 12.3 Å². The maximum Gasteiger partial charge on any atom is 0.260 e. The zero-order valence-corrected chi connectivity index (χ0v) is 11.3. The number of ether oxygens (including phenoxy) is 1. The Kier molecular flexibility index (Phi) is 5.49. The number of amides is 1. The van der Waals surface area contributed by atoms with Crippen LogP contribution in [0.5, 0.6) is 5.75 Å². The molecule has 0 bridgehead atoms. The van der Waals surface area contributed by atoms with E-state index in [1.54, 1.807) is 13.0 Å². The summed E-state index contributed by atoms with van der Waals surface area (Å²) in [6.07, 6.45) is 1.50. The van der Waals surface area contributed by atoms with Crippen molar-refractivity contribution in [1.82, 2.24) is 5.32 Å². The molecule has 0 saturated heterocycles. The van der Waals surface area contributed by atoms with Gasteiger partial charge in [0.25, 0.3) is 5.91 Å². The lowest BCUT2D eigenvalue weighted by atomic mass is 10.2. The number of rotatable bonds is 6. The van der Waals surface area contributed by atoms with Gasteiger partial charge < -0.3 is 15.8 Å². The molecule has 1 aromatic carbocycles. The molecule has 0 saturated carbocycles. The zero-order chi connectivity index (χ0) is 13.5. The van der Waals surface area contributed by atoms with Crippen molar-refractivity contribution in [2.24, 2.45) is 0 Å². The molecule has 0 aliphatic rings. The number of carbonyl (C=O) groups is 1. The van der Waals surface area contributed by atoms with E-state index in [9.17, 15) is 4.79 Å². The molecule has 0 fully saturated rings. The molecule has 100 valence electrons. The van der Waals surface area contributed by atoms with E-state index < -0.39 is 6.10 Å². The van der Waals surface area contributed by atoms with Gasteiger partial charge in [0.15, 0.2) is 6.10 Å². The molecule has 0 aliphatic carbocycles. The van der Waals surface area contributed by atoms with Gasteiger partial charge in [0, 0.05) is 6.54 Å². The fraction of sp³-hybridized carbons (Fsp3) is 0.500. The lowest BCUT2D eigenvalue weighted by Crippen LogP contribution is -2.36. The van der Waals surface area contributed by atoms with Gasteiger partial charge in [-0.2, -0.15) is 0 Å². The summed E-state index contributed by atoms with van der Waals surface area (Å²) in [4.78, 5) is 11.7. The van der Waals surface area contributed by atoms with Gasteiger partial charge in [0.05, 0.1) is 5.69 Å². The van der Waals surface area contributed by atoms with Gasteiger partial charge in [0.1, 0.15) is 5.75 Å². The predicted molar refractivity (Wildman–Crippen MR) is 73.6 cm³/mol. The summed E-state index contributed by atoms with van der Waals surface area (Å²) < 4.78 is 5.58. The summed E-state index contributed by atoms with van der Waals surface area (Å²) in [6, 6.07) is 5.53. The molecule has 3 N–H and O–H groups in total. The van der Waals surface area contributed by atoms with E-state index in [4.69, 9.17) is 10.5 Å². The molecule has 1 aromatic rings. The highest BCUT2D eigenvalue weighted by Gasteiger charge is 2.15. The number of aryl methyl sites for hydroxylation is 1. The van der Waals surface area contributed by atoms with Crippen LogP contribution in [-0.4, -0.2) is 18.6 Å². The number of hydrogen-bond acceptors (Lipinski definition) is 3. The topological polar surface area (TPSA) is 64.3 Å². The summed E-state index contributed by atoms with van der Waals surface area (Å²) in [7, 11) is 0. The summed E-state index contributed by atoms with van der Waals surface area (Å²) in [6.45, 7) is 6.45. The second kappa shape index (κ2) is 6.89. The van der Waals surface area contributed by atoms with E-state index in [2.05, 4.69) is 12.2 Å². The van der Waals surface area contributed by atoms with E-state index in [1.165, 1.54) is 0 Å². The normalized spacial score (nSPS) is 11.9. The smallest absolute Gasteiger partial charge is 0.260 e. The number of benzene rings is 1. The van der Waals surface area contributed by atoms with E-state index in [-0.39, 0.29) is 5.91 Å². The van der Waals surface area contributed by atoms with Gasteiger partial charge in [-0.3, -0.25) is 4.79 Å². The Morgan fingerprint density at radius 2 is 2.22 bits per heavy atom. The number of nitrogen functional groups attached to an aromatic ring is 1. The SMILES string of the molecule is CCCCNC(=O)C(C)Oc1cc(C)ccc1N. The molecule has 0 aromatic heterocycles. The average molecular weight is 250 g/mol. The highest BCUT2D eigenvalue weighted by atomic mass is 16.5. The largest absolute Gasteiger partial charge is 0.479 e. The number of unbranched alkanes of at least 4 members (excludes halogenated alkanes) is 1. The molecule has 0 spiro atoms. The van der Waals surface area contributed by atoms with Crippen molar-refractivity contribution >= 4 is 11.6 Å². The van der Waals surface area contributed by atoms with Gasteiger partial charge in [0.2, 0.25) is 0 Å². The number of nitrogens with two attached hydrogens (primary N) is 1. The lowest BCUT2D eigenvalue weighted by Gasteiger charge is -2.16. The van der Waals surface area contributed by atoms with Gasteiger partial charge in [-0.1, -0.05) is 19.4 Å². The molecular formula is C14H22N2O2. The van der Waals surface area contributed by atoms with Gasteiger partial charge in [-0.15, -0.1) is 0 Å². The van der Waals surface area contributed by atoms with Crippen molar-refractivity contribution in [3.05, 3.63) is 23.8 Å². The summed E-state index contributed by atoms with van der Waals surface area (Å²) in [5, 5.41) is 2.83. The van der Waals surface area contributed by atoms with Crippen LogP contribution >= 0.6 is 0 Å². The average Bonchev–Trinajstić information content (AvgIpc) is 2.34. The Morgan fingerprint density at radius 1 is 1.50 bits per heavy atom. The number of carbonyl (C=O) groups excluding carboxylic acids is 1. The van der Waals surface area contributed by atoms with E-state index in [1.807, 2.05) is 19.1 Å². The standard InChI is InChI=1S/C14H22N2O2/c1-4-5-8-16-14(17)11(3)18-13-9-10(2)6-7-12(13)15/h6-7,9,11H,4-5,8,15H2,1-3H3,(H,16,17). The third-order valence-electron chi connectivity index (χ3n) is 2.67. The highest BCUT2D eigenvalue weighted by molar-refractivity contribution is 5.80. The Morgan fingerprint density at radius 3 is 2.89 bits per heavy atom. The fourth-order valence-corrected chi connectivity index (χ4v) is 1.52. The summed E-state index contributed by atoms with van der Waals surface area (Å²) in [5.41, 5.74) is 7.41. The molecule has 4 nitrogen and oxygen atoms in total. The van der Waals surface area contributed by atoms with Crippen LogP contribution in [0.4, 0.5) is 5.69 Å². The van der Waals surface area contributed by atoms with Gasteiger partial charge in [-0.05, 0) is 38.0 Å². The fourth-order valence-electron chi connectivity index (χ4n) is 1.52. The molecule has 18 heavy (non-hydrogen) atoms. The van der Waals surface area contributed by atoms with Crippen LogP contribution in [0.3, 0.4) is 0 Å². The van der Waals surface area contributed by atoms with Crippen LogP contribution in [-0.2, 0) is 4.79 Å². The van der Waals surface area contributed by atoms with Crippen molar-refractivity contribution in [2.45, 2.75) is 39.7 Å². The van der Waals surface area contributed by atoms with Crippen molar-refractivity contribution in [3.63, 3.8) is 0 Å². The molecule has 0 radical (unpaired) electrons. The molecular weight excluding hydrogens is 228 g/mol. The maximum absolute atomic E-state index is 11.7. The lowest BCUT2D eigenvalue weighted by molar-refractivity contribution is -0.127. The third kappa shape index (κ3) is 4.28. The first-order valence-electron chi connectivity index (χ1n) is 6.35. The van der Waals surface area contributed by atoms with Crippen LogP contribution in [0.2, 0.25) is 0 Å². The second-order valence-electron chi connectivity index (χ2n) is 4.45. The minimum atomic E-state index is -0.536. The molecule has 0 aliphatic heterocycles. The van der Waals surface area contributed by atoms with Crippen LogP contribution in [0.15, 0.2) is 18.2 Å². The molecule has 1 unspecified atom stereocenters. The van der Waals surface area contributed by atoms with Crippen LogP contribution in [0.25, 0.3) is 0 Å². The first-order chi connectivity index (χ1) is 8.54. The summed E-state index contributed by atoms with van der Waals surface area (Å²) >= 11 is 0. The Labute approximate surface area is 109 Å². The predicted octanol–water partition coefficient (Wildman–Crippen LogP) is 2.26. The van der Waals surface area contributed by atoms with Gasteiger partial charge in [-0.25, -0.2) is 0 Å². The van der Waals surface area contributed by atoms with Crippen molar-refractivity contribution in [1.29, 1.82) is 0 Å². The monoisotopic (exact) mass is 250 g/mol. The summed E-state index contributed by atoms with van der Waals surface area (Å²) in [5.74, 6) is 0.456. The second-order valence-corrected chi connectivity index (χ2v) is 4.45. The Balaban J connectivity index is 2.55. The van der Waals surface area contributed by atoms with Gasteiger partial charge >= 0.3 is 0 Å². The Hall–Kier alpha value is -1.71. The third-order valence-corrected chi connectivity index (χ3v) is 2.67. The van der Waals surface area contributed by atoms with E-state index >= 15 is 0 Å². The van der Waals surface area contributed by atoms with Crippen LogP contribution in [0, 0.1) is 6.92 Å². The quantitative estimate of drug-likeness (QED) is 0.601. The zero-order valence-electron chi connectivity index (χ0n) is 11.3. The van der Waals surface area contributed by atoms with Crippen molar-refractivity contribution < 1.29 is 9.53 Å². The van der Waals surface area contributed by atoms with E-state index in [0.717, 1.165) is 18.4 Å². The van der Waals surface area contributed by atoms with E-state index in [0.29, 0.717) is 18.0 Å². The molecule has 1 atom stereocenters. The number of nitrogens with one attached hydrogen (secondary N) is 1. The number of hydrogen-bond donors (Lipinski definition) is 2. The highest BCUT2D eigenvalue weighted by Crippen LogP contribution is 2.23. The minimum absolute atomic E-state index is 0.107.